The first-order chi connectivity index (χ1) is 1.41. The molecule has 4 heavy (non-hydrogen) atoms. The van der Waals surface area contributed by atoms with Gasteiger partial charge in [0.25, 0.3) is 0 Å². The summed E-state index contributed by atoms with van der Waals surface area (Å²) in [5.41, 5.74) is 0. The lowest BCUT2D eigenvalue weighted by Crippen LogP contribution is -1.41. The zero-order valence-electron chi connectivity index (χ0n) is 2.69. The first-order valence-electron chi connectivity index (χ1n) is 1.12. The van der Waals surface area contributed by atoms with Crippen LogP contribution in [0.5, 0.6) is 0 Å². The molecule has 2 heteroatoms. The van der Waals surface area contributed by atoms with Gasteiger partial charge in [0, 0.05) is 0 Å². The fraction of sp³-hybridized carbons (Fsp3) is 1.00. The van der Waals surface area contributed by atoms with Crippen molar-refractivity contribution in [2.75, 3.05) is 0 Å². The van der Waals surface area contributed by atoms with Crippen LogP contribution in [-0.2, 0) is 0 Å². The van der Waals surface area contributed by atoms with Gasteiger partial charge >= 0.3 is 0 Å². The van der Waals surface area contributed by atoms with Crippen LogP contribution in [0.25, 0.3) is 0 Å². The van der Waals surface area contributed by atoms with Crippen LogP contribution >= 0.6 is 24.0 Å². The van der Waals surface area contributed by atoms with Gasteiger partial charge in [-0.1, -0.05) is 6.92 Å². The molecule has 0 atom stereocenters. The molecule has 0 heterocycles. The van der Waals surface area contributed by atoms with Crippen molar-refractivity contribution in [3.8, 4) is 0 Å². The van der Waals surface area contributed by atoms with Crippen molar-refractivity contribution in [2.24, 2.45) is 0 Å². The highest BCUT2D eigenvalue weighted by Gasteiger charge is 1.37. The van der Waals surface area contributed by atoms with Crippen LogP contribution in [0.2, 0.25) is 5.28 Å². The van der Waals surface area contributed by atoms with Crippen LogP contribution in [0.15, 0.2) is 0 Å². The number of hydrogen-bond acceptors (Lipinski definition) is 0. The summed E-state index contributed by atoms with van der Waals surface area (Å²) in [5.74, 6) is 0. The Hall–Kier alpha value is 1.26. The Morgan fingerprint density at radius 3 is 1.75 bits per heavy atom. The van der Waals surface area contributed by atoms with Gasteiger partial charge in [0.15, 0.2) is 0 Å². The molecule has 0 saturated carbocycles. The summed E-state index contributed by atoms with van der Waals surface area (Å²) in [4.78, 5) is 0. The van der Waals surface area contributed by atoms with Crippen LogP contribution < -0.4 is 0 Å². The second kappa shape index (κ2) is 8.86. The van der Waals surface area contributed by atoms with Crippen LogP contribution in [0.3, 0.4) is 0 Å². The highest BCUT2D eigenvalue weighted by molar-refractivity contribution is 14.0. The maximum Gasteiger partial charge on any atom is 0.117 e. The molecule has 0 aliphatic heterocycles. The summed E-state index contributed by atoms with van der Waals surface area (Å²) in [6.07, 6.45) is 0. The van der Waals surface area contributed by atoms with Crippen molar-refractivity contribution in [1.29, 1.82) is 0 Å². The third kappa shape index (κ3) is 10.5. The van der Waals surface area contributed by atoms with Crippen LogP contribution in [0.4, 0.5) is 0 Å². The summed E-state index contributed by atoms with van der Waals surface area (Å²) in [7, 11) is 0. The summed E-state index contributed by atoms with van der Waals surface area (Å²) < 4.78 is 0. The van der Waals surface area contributed by atoms with Gasteiger partial charge in [-0.2, -0.15) is 0 Å². The van der Waals surface area contributed by atoms with E-state index in [2.05, 4.69) is 23.2 Å². The number of rotatable bonds is 0. The van der Waals surface area contributed by atoms with Crippen molar-refractivity contribution in [3.63, 3.8) is 0 Å². The Kier molecular flexibility index (Phi) is 19.9. The molecule has 24 valence electrons. The van der Waals surface area contributed by atoms with E-state index in [1.807, 2.05) is 0 Å². The average molecular weight is 184 g/mol. The monoisotopic (exact) mass is 184 g/mol. The number of halogens is 1. The summed E-state index contributed by atoms with van der Waals surface area (Å²) >= 11 is 2.58. The minimum Gasteiger partial charge on any atom is -0.120 e. The highest BCUT2D eigenvalue weighted by Crippen LogP contribution is 1.49. The minimum atomic E-state index is 0. The maximum atomic E-state index is 2.58. The largest absolute Gasteiger partial charge is 0.120 e. The van der Waals surface area contributed by atoms with Gasteiger partial charge in [0.05, 0.1) is 0 Å². The van der Waals surface area contributed by atoms with Crippen molar-refractivity contribution in [1.82, 2.24) is 0 Å². The van der Waals surface area contributed by atoms with Crippen molar-refractivity contribution >= 4 is 40.3 Å². The third-order valence-corrected chi connectivity index (χ3v) is 0. The molecular weight excluding hydrogens is 178 g/mol. The molecule has 0 aromatic heterocycles. The first kappa shape index (κ1) is 8.98. The van der Waals surface area contributed by atoms with Crippen LogP contribution in [0.1, 0.15) is 6.92 Å². The molecule has 0 N–H and O–H groups in total. The van der Waals surface area contributed by atoms with E-state index in [0.29, 0.717) is 0 Å². The SMILES string of the molecule is C[CH2][Al].I. The predicted octanol–water partition coefficient (Wildman–Crippen LogP) is 1.21. The fourth-order valence-electron chi connectivity index (χ4n) is 0. The standard InChI is InChI=1S/C2H5.Al.HI/c1-2;;/h1H2,2H3;;1H. The number of hydrogen-bond donors (Lipinski definition) is 0. The zero-order valence-corrected chi connectivity index (χ0v) is 6.18. The maximum absolute atomic E-state index is 2.58. The van der Waals surface area contributed by atoms with Gasteiger partial charge in [-0.15, -0.1) is 29.3 Å². The third-order valence-electron chi connectivity index (χ3n) is 0. The lowest BCUT2D eigenvalue weighted by atomic mass is 11.0. The molecule has 0 aliphatic carbocycles. The van der Waals surface area contributed by atoms with E-state index in [4.69, 9.17) is 0 Å². The van der Waals surface area contributed by atoms with Crippen molar-refractivity contribution < 1.29 is 0 Å². The van der Waals surface area contributed by atoms with E-state index in [0.717, 1.165) is 0 Å². The van der Waals surface area contributed by atoms with E-state index < -0.39 is 0 Å². The van der Waals surface area contributed by atoms with E-state index in [-0.39, 0.29) is 24.0 Å². The molecule has 0 saturated heterocycles. The van der Waals surface area contributed by atoms with E-state index in [9.17, 15) is 0 Å². The lowest BCUT2D eigenvalue weighted by Gasteiger charge is -1.47. The quantitative estimate of drug-likeness (QED) is 0.392. The normalized spacial score (nSPS) is 4.25. The molecule has 0 unspecified atom stereocenters. The van der Waals surface area contributed by atoms with Gasteiger partial charge in [-0.25, -0.2) is 0 Å². The van der Waals surface area contributed by atoms with Gasteiger partial charge in [0.2, 0.25) is 0 Å². The second-order valence-electron chi connectivity index (χ2n) is 0.408. The lowest BCUT2D eigenvalue weighted by molar-refractivity contribution is 1.48. The Morgan fingerprint density at radius 1 is 1.75 bits per heavy atom. The summed E-state index contributed by atoms with van der Waals surface area (Å²) in [5, 5.41) is 1.17. The average Bonchev–Trinajstić information content (AvgIpc) is 0.918. The van der Waals surface area contributed by atoms with Crippen LogP contribution in [0, 0.1) is 0 Å². The molecule has 0 amide bonds. The molecule has 0 bridgehead atoms. The molecule has 0 fully saturated rings. The van der Waals surface area contributed by atoms with Crippen molar-refractivity contribution in [3.05, 3.63) is 0 Å². The Balaban J connectivity index is 0. The Morgan fingerprint density at radius 2 is 1.75 bits per heavy atom. The molecule has 0 spiro atoms. The summed E-state index contributed by atoms with van der Waals surface area (Å²) in [6, 6.07) is 0. The molecule has 2 radical (unpaired) electrons. The Bertz CT molecular complexity index is 6.00. The molecule has 0 aromatic rings. The first-order valence-corrected chi connectivity index (χ1v) is 1.93. The molecular formula is C2H6AlI. The topological polar surface area (TPSA) is 0 Å². The Labute approximate surface area is 52.4 Å². The smallest absolute Gasteiger partial charge is 0.117 e. The van der Waals surface area contributed by atoms with E-state index >= 15 is 0 Å². The molecule has 0 rings (SSSR count). The van der Waals surface area contributed by atoms with Crippen molar-refractivity contribution in [2.45, 2.75) is 12.2 Å². The zero-order chi connectivity index (χ0) is 2.71. The second-order valence-corrected chi connectivity index (χ2v) is 1.22. The molecule has 0 aliphatic rings. The van der Waals surface area contributed by atoms with Gasteiger partial charge in [-0.05, 0) is 0 Å². The highest BCUT2D eigenvalue weighted by atomic mass is 127. The predicted molar refractivity (Wildman–Crippen MR) is 31.6 cm³/mol. The van der Waals surface area contributed by atoms with Gasteiger partial charge in [-0.3, -0.25) is 0 Å². The van der Waals surface area contributed by atoms with Gasteiger partial charge in [0.1, 0.15) is 16.3 Å². The van der Waals surface area contributed by atoms with E-state index in [1.54, 1.807) is 0 Å². The fourth-order valence-corrected chi connectivity index (χ4v) is 0. The van der Waals surface area contributed by atoms with Gasteiger partial charge < -0.3 is 0 Å². The summed E-state index contributed by atoms with van der Waals surface area (Å²) in [6.45, 7) is 2.09. The van der Waals surface area contributed by atoms with E-state index in [1.165, 1.54) is 5.28 Å². The molecule has 0 nitrogen and oxygen atoms in total. The minimum absolute atomic E-state index is 0. The van der Waals surface area contributed by atoms with Crippen LogP contribution in [-0.4, -0.2) is 16.3 Å². The molecule has 0 aromatic carbocycles.